The van der Waals surface area contributed by atoms with Crippen LogP contribution in [0.2, 0.25) is 118 Å². The van der Waals surface area contributed by atoms with E-state index in [0.717, 1.165) is 0 Å². The van der Waals surface area contributed by atoms with Crippen LogP contribution in [0.4, 0.5) is 0 Å². The van der Waals surface area contributed by atoms with Crippen molar-refractivity contribution < 1.29 is 0 Å². The summed E-state index contributed by atoms with van der Waals surface area (Å²) in [5.41, 5.74) is 0. The van der Waals surface area contributed by atoms with Crippen LogP contribution in [0, 0.1) is 0 Å². The molecule has 0 nitrogen and oxygen atoms in total. The van der Waals surface area contributed by atoms with E-state index in [2.05, 4.69) is 142 Å². The smallest absolute Gasteiger partial charge is 0.0685 e. The van der Waals surface area contributed by atoms with Gasteiger partial charge in [-0.2, -0.15) is 0 Å². The maximum Gasteiger partial charge on any atom is 0.0685 e. The number of hydrogen-bond donors (Lipinski definition) is 0. The molecule has 0 aliphatic carbocycles. The van der Waals surface area contributed by atoms with Gasteiger partial charge in [-0.1, -0.05) is 152 Å². The number of benzene rings is 1. The van der Waals surface area contributed by atoms with E-state index in [1.54, 1.807) is 0 Å². The molecule has 32 heavy (non-hydrogen) atoms. The lowest BCUT2D eigenvalue weighted by Crippen LogP contribution is -2.89. The Hall–Kier alpha value is 0.955. The molecule has 1 aromatic rings. The van der Waals surface area contributed by atoms with Crippen molar-refractivity contribution in [3.63, 3.8) is 0 Å². The summed E-state index contributed by atoms with van der Waals surface area (Å²) in [6, 6.07) is 11.0. The molecule has 0 saturated heterocycles. The first-order chi connectivity index (χ1) is 13.7. The van der Waals surface area contributed by atoms with E-state index in [0.29, 0.717) is 0 Å². The van der Waals surface area contributed by atoms with E-state index in [9.17, 15) is 0 Å². The van der Waals surface area contributed by atoms with Crippen LogP contribution in [0.1, 0.15) is 0 Å². The van der Waals surface area contributed by atoms with Crippen LogP contribution < -0.4 is 10.4 Å². The van der Waals surface area contributed by atoms with Crippen LogP contribution in [0.15, 0.2) is 24.3 Å². The van der Waals surface area contributed by atoms with Crippen LogP contribution in [-0.2, 0) is 0 Å². The molecule has 0 aliphatic heterocycles. The van der Waals surface area contributed by atoms with Gasteiger partial charge in [0.1, 0.15) is 0 Å². The van der Waals surface area contributed by atoms with Crippen molar-refractivity contribution in [2.75, 3.05) is 0 Å². The van der Waals surface area contributed by atoms with Gasteiger partial charge in [0.2, 0.25) is 0 Å². The number of rotatable bonds is 8. The summed E-state index contributed by atoms with van der Waals surface area (Å²) in [4.78, 5) is 0. The second-order valence-corrected chi connectivity index (χ2v) is 97.2. The van der Waals surface area contributed by atoms with E-state index in [-0.39, 0.29) is 0 Å². The van der Waals surface area contributed by atoms with Crippen LogP contribution in [-0.4, -0.2) is 58.8 Å². The van der Waals surface area contributed by atoms with Gasteiger partial charge in [0, 0.05) is 45.5 Å². The minimum Gasteiger partial charge on any atom is -0.0716 e. The molecule has 0 aliphatic rings. The van der Waals surface area contributed by atoms with Crippen molar-refractivity contribution >= 4 is 69.2 Å². The van der Waals surface area contributed by atoms with Crippen LogP contribution in [0.3, 0.4) is 0 Å². The monoisotopic (exact) mass is 570 g/mol. The van der Waals surface area contributed by atoms with Gasteiger partial charge < -0.3 is 0 Å². The Morgan fingerprint density at radius 2 is 0.406 bits per heavy atom. The van der Waals surface area contributed by atoms with Crippen molar-refractivity contribution in [3.05, 3.63) is 24.3 Å². The first-order valence-electron chi connectivity index (χ1n) is 12.8. The van der Waals surface area contributed by atoms with E-state index >= 15 is 0 Å². The lowest BCUT2D eigenvalue weighted by atomic mass is 10.4. The average molecular weight is 571 g/mol. The first kappa shape index (κ1) is 31.0. The fourth-order valence-electron chi connectivity index (χ4n) is 10.3. The molecule has 0 heterocycles. The van der Waals surface area contributed by atoms with E-state index in [1.165, 1.54) is 0 Å². The van der Waals surface area contributed by atoms with Gasteiger partial charge in [-0.3, -0.25) is 0 Å². The highest BCUT2D eigenvalue weighted by molar-refractivity contribution is 7.93. The minimum absolute atomic E-state index is 1.32. The van der Waals surface area contributed by atoms with Gasteiger partial charge in [-0.15, -0.1) is 0 Å². The van der Waals surface area contributed by atoms with E-state index in [1.807, 2.05) is 10.4 Å². The van der Waals surface area contributed by atoms with Gasteiger partial charge in [-0.05, 0) is 0 Å². The normalized spacial score (nSPS) is 15.8. The molecule has 0 bridgehead atoms. The van der Waals surface area contributed by atoms with Crippen molar-refractivity contribution in [2.24, 2.45) is 0 Å². The van der Waals surface area contributed by atoms with Crippen molar-refractivity contribution in [1.29, 1.82) is 0 Å². The molecule has 0 saturated carbocycles. The molecule has 0 radical (unpaired) electrons. The number of hydrogen-bond acceptors (Lipinski definition) is 0. The van der Waals surface area contributed by atoms with Crippen molar-refractivity contribution in [3.8, 4) is 0 Å². The van der Waals surface area contributed by atoms with E-state index < -0.39 is 58.8 Å². The molecule has 0 fully saturated rings. The zero-order valence-corrected chi connectivity index (χ0v) is 33.3. The summed E-state index contributed by atoms with van der Waals surface area (Å²) in [7, 11) is -7.93. The molecule has 8 heteroatoms. The highest BCUT2D eigenvalue weighted by Crippen LogP contribution is 2.39. The first-order valence-corrected chi connectivity index (χ1v) is 43.8. The molecule has 0 atom stereocenters. The van der Waals surface area contributed by atoms with Gasteiger partial charge in [0.15, 0.2) is 0 Å². The molecule has 0 N–H and O–H groups in total. The Balaban J connectivity index is 4.09. The Labute approximate surface area is 210 Å². The molecule has 0 amide bonds. The third-order valence-corrected chi connectivity index (χ3v) is 151. The van der Waals surface area contributed by atoms with Crippen LogP contribution in [0.5, 0.6) is 0 Å². The van der Waals surface area contributed by atoms with E-state index in [4.69, 9.17) is 0 Å². The Kier molecular flexibility index (Phi) is 8.53. The Morgan fingerprint density at radius 1 is 0.281 bits per heavy atom. The third-order valence-electron chi connectivity index (χ3n) is 8.50. The quantitative estimate of drug-likeness (QED) is 0.284. The molecule has 0 unspecified atom stereocenters. The highest BCUT2D eigenvalue weighted by atomic mass is 29.9. The summed E-state index contributed by atoms with van der Waals surface area (Å²) in [5.74, 6) is 0. The molecule has 0 spiro atoms. The minimum atomic E-state index is -1.53. The van der Waals surface area contributed by atoms with Crippen LogP contribution >= 0.6 is 0 Å². The molecule has 186 valence electrons. The highest BCUT2D eigenvalue weighted by Gasteiger charge is 2.64. The summed E-state index contributed by atoms with van der Waals surface area (Å²) in [5, 5.41) is 3.73. The largest absolute Gasteiger partial charge is 0.0716 e. The fraction of sp³-hybridized carbons (Fsp3) is 0.750. The lowest BCUT2D eigenvalue weighted by molar-refractivity contribution is 1.69. The summed E-state index contributed by atoms with van der Waals surface area (Å²) in [6.45, 7) is 46.1. The summed E-state index contributed by atoms with van der Waals surface area (Å²) < 4.78 is 0. The van der Waals surface area contributed by atoms with Gasteiger partial charge in [0.05, 0.1) is 13.3 Å². The maximum atomic E-state index is 2.75. The zero-order chi connectivity index (χ0) is 26.0. The Bertz CT molecular complexity index is 645. The lowest BCUT2D eigenvalue weighted by Gasteiger charge is -2.59. The Morgan fingerprint density at radius 3 is 0.500 bits per heavy atom. The molecule has 1 rings (SSSR count). The third kappa shape index (κ3) is 4.69. The summed E-state index contributed by atoms with van der Waals surface area (Å²) in [6.07, 6.45) is 0. The maximum absolute atomic E-state index is 2.75. The standard InChI is InChI=1S/C24H58Si8/c1-25(2,3)31(26(4,5)6,27(7,8)9)23-19-21-24(22-20-23)32(28(10,11)12,29(13,14)15)30(16,17)18/h19-22H,1-18H3. The predicted octanol–water partition coefficient (Wildman–Crippen LogP) is 7.50. The second-order valence-electron chi connectivity index (χ2n) is 16.6. The average Bonchev–Trinajstić information content (AvgIpc) is 2.40. The molecular formula is C24H58Si8. The zero-order valence-electron chi connectivity index (χ0n) is 25.3. The fourth-order valence-corrected chi connectivity index (χ4v) is 211. The molecule has 0 aromatic heterocycles. The van der Waals surface area contributed by atoms with Gasteiger partial charge in [-0.25, -0.2) is 0 Å². The molecular weight excluding hydrogens is 513 g/mol. The SMILES string of the molecule is C[Si](C)(C)[Si](c1ccc([Si]([Si](C)(C)C)([Si](C)(C)C)[Si](C)(C)C)cc1)([Si](C)(C)C)[Si](C)(C)C. The predicted molar refractivity (Wildman–Crippen MR) is 177 cm³/mol. The second kappa shape index (κ2) is 8.81. The van der Waals surface area contributed by atoms with Crippen molar-refractivity contribution in [2.45, 2.75) is 118 Å². The van der Waals surface area contributed by atoms with Gasteiger partial charge >= 0.3 is 0 Å². The topological polar surface area (TPSA) is 0 Å². The molecule has 1 aromatic carbocycles. The summed E-state index contributed by atoms with van der Waals surface area (Å²) >= 11 is 0. The van der Waals surface area contributed by atoms with Crippen LogP contribution in [0.25, 0.3) is 0 Å². The van der Waals surface area contributed by atoms with Crippen molar-refractivity contribution in [1.82, 2.24) is 0 Å². The van der Waals surface area contributed by atoms with Gasteiger partial charge in [0.25, 0.3) is 0 Å².